The molecule has 1 N–H and O–H groups in total. The van der Waals surface area contributed by atoms with Gasteiger partial charge >= 0.3 is 0 Å². The topological polar surface area (TPSA) is 71.5 Å². The number of rotatable bonds is 7. The molecular weight excluding hydrogens is 386 g/mol. The highest BCUT2D eigenvalue weighted by Gasteiger charge is 2.21. The van der Waals surface area contributed by atoms with Crippen molar-refractivity contribution in [2.24, 2.45) is 0 Å². The van der Waals surface area contributed by atoms with Crippen molar-refractivity contribution in [1.29, 1.82) is 0 Å². The Balaban J connectivity index is 1.76. The lowest BCUT2D eigenvalue weighted by Gasteiger charge is -2.32. The quantitative estimate of drug-likeness (QED) is 0.709. The number of sulfonamides is 1. The minimum Gasteiger partial charge on any atom is -0.494 e. The number of pyridine rings is 1. The van der Waals surface area contributed by atoms with Gasteiger partial charge in [0.25, 0.3) is 10.0 Å². The van der Waals surface area contributed by atoms with E-state index in [1.807, 2.05) is 19.9 Å². The highest BCUT2D eigenvalue weighted by molar-refractivity contribution is 7.92. The summed E-state index contributed by atoms with van der Waals surface area (Å²) < 4.78 is 34.0. The molecule has 29 heavy (non-hydrogen) atoms. The summed E-state index contributed by atoms with van der Waals surface area (Å²) >= 11 is 0. The predicted molar refractivity (Wildman–Crippen MR) is 117 cm³/mol. The van der Waals surface area contributed by atoms with Gasteiger partial charge in [0.1, 0.15) is 11.6 Å². The van der Waals surface area contributed by atoms with Crippen LogP contribution < -0.4 is 14.4 Å². The lowest BCUT2D eigenvalue weighted by atomic mass is 9.94. The third-order valence-corrected chi connectivity index (χ3v) is 7.07. The summed E-state index contributed by atoms with van der Waals surface area (Å²) in [7, 11) is -1.65. The van der Waals surface area contributed by atoms with Crippen LogP contribution in [0, 0.1) is 13.8 Å². The second-order valence-electron chi connectivity index (χ2n) is 7.73. The molecule has 0 bridgehead atoms. The molecule has 1 aromatic carbocycles. The molecule has 1 saturated carbocycles. The molecule has 1 heterocycles. The summed E-state index contributed by atoms with van der Waals surface area (Å²) in [6.07, 6.45) is 7.78. The van der Waals surface area contributed by atoms with Crippen LogP contribution in [-0.2, 0) is 10.0 Å². The first-order chi connectivity index (χ1) is 13.8. The van der Waals surface area contributed by atoms with Crippen LogP contribution in [-0.4, -0.2) is 33.1 Å². The van der Waals surface area contributed by atoms with Crippen LogP contribution in [0.4, 0.5) is 11.5 Å². The fourth-order valence-corrected chi connectivity index (χ4v) is 5.24. The normalized spacial score (nSPS) is 15.2. The Labute approximate surface area is 174 Å². The molecule has 0 amide bonds. The van der Waals surface area contributed by atoms with Crippen LogP contribution in [0.15, 0.2) is 35.4 Å². The van der Waals surface area contributed by atoms with Gasteiger partial charge in [-0.25, -0.2) is 13.4 Å². The first-order valence-corrected chi connectivity index (χ1v) is 11.8. The molecule has 158 valence electrons. The van der Waals surface area contributed by atoms with Crippen LogP contribution in [0.5, 0.6) is 5.75 Å². The molecule has 2 aromatic rings. The Morgan fingerprint density at radius 1 is 1.14 bits per heavy atom. The molecule has 0 unspecified atom stereocenters. The molecular formula is C22H31N3O3S. The van der Waals surface area contributed by atoms with E-state index in [1.54, 1.807) is 31.3 Å². The maximum Gasteiger partial charge on any atom is 0.262 e. The van der Waals surface area contributed by atoms with E-state index in [2.05, 4.69) is 21.7 Å². The van der Waals surface area contributed by atoms with Crippen molar-refractivity contribution in [1.82, 2.24) is 4.98 Å². The van der Waals surface area contributed by atoms with E-state index >= 15 is 0 Å². The molecule has 0 atom stereocenters. The maximum atomic E-state index is 12.9. The highest BCUT2D eigenvalue weighted by atomic mass is 32.2. The number of benzene rings is 1. The van der Waals surface area contributed by atoms with E-state index in [9.17, 15) is 8.42 Å². The van der Waals surface area contributed by atoms with Crippen LogP contribution >= 0.6 is 0 Å². The Bertz CT molecular complexity index is 937. The van der Waals surface area contributed by atoms with Gasteiger partial charge < -0.3 is 9.64 Å². The summed E-state index contributed by atoms with van der Waals surface area (Å²) in [5, 5.41) is 0. The molecule has 1 aromatic heterocycles. The average molecular weight is 418 g/mol. The monoisotopic (exact) mass is 417 g/mol. The number of hydrogen-bond donors (Lipinski definition) is 1. The van der Waals surface area contributed by atoms with E-state index in [4.69, 9.17) is 4.74 Å². The second kappa shape index (κ2) is 9.03. The number of nitrogens with one attached hydrogen (secondary N) is 1. The number of hydrogen-bond acceptors (Lipinski definition) is 5. The minimum atomic E-state index is -3.71. The molecule has 1 aliphatic rings. The molecule has 3 rings (SSSR count). The molecule has 6 nitrogen and oxygen atoms in total. The zero-order valence-corrected chi connectivity index (χ0v) is 18.6. The molecule has 1 aliphatic carbocycles. The molecule has 0 saturated heterocycles. The highest BCUT2D eigenvalue weighted by Crippen LogP contribution is 2.28. The van der Waals surface area contributed by atoms with Crippen molar-refractivity contribution in [3.8, 4) is 5.75 Å². The number of aryl methyl sites for hydroxylation is 2. The number of aromatic nitrogens is 1. The van der Waals surface area contributed by atoms with Gasteiger partial charge in [0.15, 0.2) is 0 Å². The third kappa shape index (κ3) is 5.01. The fourth-order valence-electron chi connectivity index (χ4n) is 3.88. The summed E-state index contributed by atoms with van der Waals surface area (Å²) in [4.78, 5) is 6.95. The van der Waals surface area contributed by atoms with E-state index in [-0.39, 0.29) is 4.90 Å². The number of ether oxygens (including phenoxy) is 1. The van der Waals surface area contributed by atoms with Gasteiger partial charge in [-0.3, -0.25) is 4.72 Å². The fraction of sp³-hybridized carbons (Fsp3) is 0.500. The summed E-state index contributed by atoms with van der Waals surface area (Å²) in [6, 6.07) is 7.58. The Morgan fingerprint density at radius 2 is 1.86 bits per heavy atom. The molecule has 0 spiro atoms. The van der Waals surface area contributed by atoms with Gasteiger partial charge in [-0.05, 0) is 69.0 Å². The largest absolute Gasteiger partial charge is 0.494 e. The number of anilines is 2. The van der Waals surface area contributed by atoms with E-state index in [1.165, 1.54) is 32.1 Å². The van der Waals surface area contributed by atoms with E-state index in [0.717, 1.165) is 11.4 Å². The van der Waals surface area contributed by atoms with Crippen LogP contribution in [0.2, 0.25) is 0 Å². The van der Waals surface area contributed by atoms with Crippen molar-refractivity contribution in [2.45, 2.75) is 63.8 Å². The van der Waals surface area contributed by atoms with Crippen molar-refractivity contribution in [3.05, 3.63) is 41.6 Å². The molecule has 0 radical (unpaired) electrons. The van der Waals surface area contributed by atoms with Crippen molar-refractivity contribution < 1.29 is 13.2 Å². The van der Waals surface area contributed by atoms with Gasteiger partial charge in [0, 0.05) is 13.1 Å². The van der Waals surface area contributed by atoms with Gasteiger partial charge in [0.05, 0.1) is 23.4 Å². The zero-order chi connectivity index (χ0) is 21.0. The van der Waals surface area contributed by atoms with E-state index < -0.39 is 10.0 Å². The molecule has 0 aliphatic heterocycles. The van der Waals surface area contributed by atoms with Crippen molar-refractivity contribution in [3.63, 3.8) is 0 Å². The average Bonchev–Trinajstić information content (AvgIpc) is 2.71. The van der Waals surface area contributed by atoms with E-state index in [0.29, 0.717) is 29.6 Å². The van der Waals surface area contributed by atoms with Gasteiger partial charge in [-0.15, -0.1) is 0 Å². The first-order valence-electron chi connectivity index (χ1n) is 10.3. The Hall–Kier alpha value is -2.28. The van der Waals surface area contributed by atoms with Crippen LogP contribution in [0.1, 0.15) is 50.2 Å². The van der Waals surface area contributed by atoms with Crippen molar-refractivity contribution in [2.75, 3.05) is 23.3 Å². The first kappa shape index (κ1) is 21.4. The molecule has 1 fully saturated rings. The Kier molecular flexibility index (Phi) is 6.67. The Morgan fingerprint density at radius 3 is 2.48 bits per heavy atom. The smallest absolute Gasteiger partial charge is 0.262 e. The second-order valence-corrected chi connectivity index (χ2v) is 9.38. The SMILES string of the molecule is CCOc1cc(C)c(S(=O)(=O)Nc2ccc(N(C)C3CCCCC3)nc2)cc1C. The third-order valence-electron chi connectivity index (χ3n) is 5.55. The van der Waals surface area contributed by atoms with Gasteiger partial charge in [-0.1, -0.05) is 19.3 Å². The summed E-state index contributed by atoms with van der Waals surface area (Å²) in [6.45, 7) is 6.07. The lowest BCUT2D eigenvalue weighted by Crippen LogP contribution is -2.33. The van der Waals surface area contributed by atoms with Crippen molar-refractivity contribution >= 4 is 21.5 Å². The predicted octanol–water partition coefficient (Wildman–Crippen LogP) is 4.67. The van der Waals surface area contributed by atoms with Crippen LogP contribution in [0.25, 0.3) is 0 Å². The molecule has 7 heteroatoms. The number of nitrogens with zero attached hydrogens (tertiary/aromatic N) is 2. The van der Waals surface area contributed by atoms with Gasteiger partial charge in [0.2, 0.25) is 0 Å². The minimum absolute atomic E-state index is 0.252. The lowest BCUT2D eigenvalue weighted by molar-refractivity contribution is 0.337. The van der Waals surface area contributed by atoms with Crippen LogP contribution in [0.3, 0.4) is 0 Å². The standard InChI is InChI=1S/C22H31N3O3S/c1-5-28-20-13-17(3)21(14-16(20)2)29(26,27)24-18-11-12-22(23-15-18)25(4)19-9-7-6-8-10-19/h11-15,19,24H,5-10H2,1-4H3. The summed E-state index contributed by atoms with van der Waals surface area (Å²) in [5.74, 6) is 1.58. The maximum absolute atomic E-state index is 12.9. The van der Waals surface area contributed by atoms with Gasteiger partial charge in [-0.2, -0.15) is 0 Å². The zero-order valence-electron chi connectivity index (χ0n) is 17.7. The summed E-state index contributed by atoms with van der Waals surface area (Å²) in [5.41, 5.74) is 1.89.